The zero-order valence-corrected chi connectivity index (χ0v) is 17.5. The molecule has 0 aliphatic rings. The fourth-order valence-corrected chi connectivity index (χ4v) is 1.57. The SMILES string of the molecule is CC.CCC(C)c1nc2ccc(C)cc2[nH]1.[Ra]. The molecule has 2 radical (unpaired) electrons. The van der Waals surface area contributed by atoms with Crippen LogP contribution in [-0.2, 0) is 0 Å². The average Bonchev–Trinajstić information content (AvgIpc) is 2.73. The Balaban J connectivity index is 0.000000811. The smallest absolute Gasteiger partial charge is 0.110 e. The van der Waals surface area contributed by atoms with Gasteiger partial charge in [0.25, 0.3) is 0 Å². The third-order valence-electron chi connectivity index (χ3n) is 2.73. The molecule has 1 aromatic carbocycles. The first-order chi connectivity index (χ1) is 7.70. The van der Waals surface area contributed by atoms with E-state index in [1.165, 1.54) is 5.56 Å². The topological polar surface area (TPSA) is 28.7 Å². The number of aryl methyl sites for hydroxylation is 1. The van der Waals surface area contributed by atoms with Gasteiger partial charge in [0.2, 0.25) is 0 Å². The molecule has 0 aliphatic heterocycles. The Morgan fingerprint density at radius 1 is 1.29 bits per heavy atom. The Morgan fingerprint density at radius 2 is 1.94 bits per heavy atom. The molecule has 1 N–H and O–H groups in total. The molecule has 0 amide bonds. The molecular formula is C14H22N2Ra. The molecule has 2 rings (SSSR count). The second-order valence-electron chi connectivity index (χ2n) is 3.95. The maximum absolute atomic E-state index is 4.57. The van der Waals surface area contributed by atoms with Gasteiger partial charge in [-0.2, -0.15) is 0 Å². The van der Waals surface area contributed by atoms with E-state index in [1.807, 2.05) is 13.8 Å². The van der Waals surface area contributed by atoms with Crippen molar-refractivity contribution in [2.75, 3.05) is 0 Å². The minimum atomic E-state index is 0. The maximum atomic E-state index is 4.57. The minimum Gasteiger partial charge on any atom is -0.342 e. The average molecular weight is 444 g/mol. The molecule has 1 heterocycles. The van der Waals surface area contributed by atoms with Gasteiger partial charge >= 0.3 is 0 Å². The third kappa shape index (κ3) is 4.39. The Kier molecular flexibility index (Phi) is 8.37. The Bertz CT molecular complexity index is 448. The molecule has 1 aromatic heterocycles. The van der Waals surface area contributed by atoms with E-state index in [4.69, 9.17) is 0 Å². The summed E-state index contributed by atoms with van der Waals surface area (Å²) in [5, 5.41) is 0. The molecule has 0 bridgehead atoms. The summed E-state index contributed by atoms with van der Waals surface area (Å²) in [6.45, 7) is 10.5. The van der Waals surface area contributed by atoms with Gasteiger partial charge in [0.1, 0.15) is 5.82 Å². The normalized spacial score (nSPS) is 11.4. The molecule has 0 saturated carbocycles. The Hall–Kier alpha value is 0.158. The molecule has 0 saturated heterocycles. The summed E-state index contributed by atoms with van der Waals surface area (Å²) in [6.07, 6.45) is 1.12. The number of aromatic nitrogens is 2. The number of rotatable bonds is 2. The van der Waals surface area contributed by atoms with Crippen molar-refractivity contribution in [1.82, 2.24) is 9.97 Å². The van der Waals surface area contributed by atoms with E-state index in [9.17, 15) is 0 Å². The molecule has 2 nitrogen and oxygen atoms in total. The first kappa shape index (κ1) is 17.2. The molecule has 0 fully saturated rings. The fourth-order valence-electron chi connectivity index (χ4n) is 1.57. The van der Waals surface area contributed by atoms with Crippen LogP contribution in [0.15, 0.2) is 18.2 Å². The first-order valence-corrected chi connectivity index (χ1v) is 6.17. The monoisotopic (exact) mass is 444 g/mol. The number of nitrogens with one attached hydrogen (secondary N) is 1. The van der Waals surface area contributed by atoms with Gasteiger partial charge in [-0.15, -0.1) is 0 Å². The summed E-state index contributed by atoms with van der Waals surface area (Å²) in [5.74, 6) is 1.62. The number of H-pyrrole nitrogens is 1. The second-order valence-corrected chi connectivity index (χ2v) is 3.95. The van der Waals surface area contributed by atoms with Crippen LogP contribution < -0.4 is 0 Å². The zero-order chi connectivity index (χ0) is 12.1. The van der Waals surface area contributed by atoms with E-state index < -0.39 is 0 Å². The molecule has 90 valence electrons. The van der Waals surface area contributed by atoms with Crippen LogP contribution in [0.1, 0.15) is 51.4 Å². The van der Waals surface area contributed by atoms with Crippen molar-refractivity contribution in [1.29, 1.82) is 0 Å². The van der Waals surface area contributed by atoms with E-state index in [0.717, 1.165) is 23.3 Å². The van der Waals surface area contributed by atoms with E-state index >= 15 is 0 Å². The number of imidazole rings is 1. The number of nitrogens with zero attached hydrogens (tertiary/aromatic N) is 1. The van der Waals surface area contributed by atoms with Crippen LogP contribution in [0.5, 0.6) is 0 Å². The van der Waals surface area contributed by atoms with Gasteiger partial charge in [0.05, 0.1) is 11.0 Å². The fraction of sp³-hybridized carbons (Fsp3) is 0.500. The molecule has 1 atom stereocenters. The van der Waals surface area contributed by atoms with Crippen molar-refractivity contribution in [2.24, 2.45) is 0 Å². The summed E-state index contributed by atoms with van der Waals surface area (Å²) in [4.78, 5) is 7.94. The van der Waals surface area contributed by atoms with Gasteiger partial charge in [-0.05, 0) is 31.0 Å². The minimum absolute atomic E-state index is 0. The van der Waals surface area contributed by atoms with E-state index in [2.05, 4.69) is 48.9 Å². The molecule has 0 spiro atoms. The number of hydrogen-bond acceptors (Lipinski definition) is 1. The van der Waals surface area contributed by atoms with Crippen LogP contribution in [0.4, 0.5) is 0 Å². The van der Waals surface area contributed by atoms with Crippen molar-refractivity contribution >= 4 is 11.0 Å². The molecule has 17 heavy (non-hydrogen) atoms. The van der Waals surface area contributed by atoms with E-state index in [0.29, 0.717) is 5.92 Å². The van der Waals surface area contributed by atoms with Crippen molar-refractivity contribution in [2.45, 2.75) is 47.0 Å². The van der Waals surface area contributed by atoms with Gasteiger partial charge in [-0.25, -0.2) is 4.98 Å². The maximum Gasteiger partial charge on any atom is 0.110 e. The summed E-state index contributed by atoms with van der Waals surface area (Å²) in [6, 6.07) is 6.32. The van der Waals surface area contributed by atoms with Crippen molar-refractivity contribution < 1.29 is 45.0 Å². The van der Waals surface area contributed by atoms with Crippen LogP contribution in [-0.4, -0.2) is 9.97 Å². The summed E-state index contributed by atoms with van der Waals surface area (Å²) < 4.78 is 0. The second kappa shape index (κ2) is 8.29. The third-order valence-corrected chi connectivity index (χ3v) is 2.73. The van der Waals surface area contributed by atoms with Gasteiger partial charge in [0, 0.05) is 50.9 Å². The van der Waals surface area contributed by atoms with Crippen LogP contribution in [0, 0.1) is 51.9 Å². The Morgan fingerprint density at radius 3 is 2.53 bits per heavy atom. The van der Waals surface area contributed by atoms with Crippen molar-refractivity contribution in [3.8, 4) is 0 Å². The molecular weight excluding hydrogens is 422 g/mol. The van der Waals surface area contributed by atoms with Crippen LogP contribution >= 0.6 is 0 Å². The van der Waals surface area contributed by atoms with Gasteiger partial charge in [-0.1, -0.05) is 33.8 Å². The van der Waals surface area contributed by atoms with Gasteiger partial charge < -0.3 is 4.98 Å². The van der Waals surface area contributed by atoms with E-state index in [1.54, 1.807) is 0 Å². The van der Waals surface area contributed by atoms with E-state index in [-0.39, 0.29) is 45.0 Å². The first-order valence-electron chi connectivity index (χ1n) is 6.17. The molecule has 1 unspecified atom stereocenters. The van der Waals surface area contributed by atoms with Crippen LogP contribution in [0.2, 0.25) is 0 Å². The Labute approximate surface area is 141 Å². The van der Waals surface area contributed by atoms with Crippen molar-refractivity contribution in [3.05, 3.63) is 29.6 Å². The number of benzene rings is 1. The molecule has 3 heteroatoms. The summed E-state index contributed by atoms with van der Waals surface area (Å²) in [5.41, 5.74) is 3.50. The number of fused-ring (bicyclic) bond motifs is 1. The largest absolute Gasteiger partial charge is 0.342 e. The van der Waals surface area contributed by atoms with Crippen LogP contribution in [0.3, 0.4) is 0 Å². The van der Waals surface area contributed by atoms with Crippen LogP contribution in [0.25, 0.3) is 11.0 Å². The predicted octanol–water partition coefficient (Wildman–Crippen LogP) is 4.41. The van der Waals surface area contributed by atoms with Gasteiger partial charge in [-0.3, -0.25) is 0 Å². The summed E-state index contributed by atoms with van der Waals surface area (Å²) >= 11 is 0. The summed E-state index contributed by atoms with van der Waals surface area (Å²) in [7, 11) is 0. The van der Waals surface area contributed by atoms with Crippen molar-refractivity contribution in [3.63, 3.8) is 0 Å². The standard InChI is InChI=1S/C12H16N2.C2H6.Ra/c1-4-9(3)12-13-10-6-5-8(2)7-11(10)14-12;1-2;/h5-7,9H,4H2,1-3H3,(H,13,14);1-2H3;. The molecule has 0 aliphatic carbocycles. The number of hydrogen-bond donors (Lipinski definition) is 1. The van der Waals surface area contributed by atoms with Gasteiger partial charge in [0.15, 0.2) is 0 Å². The molecule has 2 aromatic rings. The predicted molar refractivity (Wildman–Crippen MR) is 70.9 cm³/mol. The number of aromatic amines is 1. The quantitative estimate of drug-likeness (QED) is 0.731. The zero-order valence-electron chi connectivity index (χ0n) is 11.7.